The smallest absolute Gasteiger partial charge is 0.471 e. The third-order valence-corrected chi connectivity index (χ3v) is 14.5. The Labute approximate surface area is 469 Å². The minimum absolute atomic E-state index is 0.0747. The van der Waals surface area contributed by atoms with Gasteiger partial charge in [0, 0.05) is 62.4 Å². The summed E-state index contributed by atoms with van der Waals surface area (Å²) in [6, 6.07) is 1.02. The molecule has 460 valence electrons. The highest BCUT2D eigenvalue weighted by molar-refractivity contribution is 8.13. The molecule has 6 N–H and O–H groups in total. The van der Waals surface area contributed by atoms with Crippen LogP contribution in [-0.4, -0.2) is 264 Å². The average Bonchev–Trinajstić information content (AvgIpc) is 3.80. The number of nitrogens with zero attached hydrogens (tertiary/aromatic N) is 4. The molecule has 6 amide bonds. The van der Waals surface area contributed by atoms with E-state index in [1.807, 2.05) is 0 Å². The molecule has 6 heterocycles. The van der Waals surface area contributed by atoms with Gasteiger partial charge in [0.25, 0.3) is 0 Å². The second-order valence-electron chi connectivity index (χ2n) is 19.1. The highest BCUT2D eigenvalue weighted by atomic mass is 32.2. The van der Waals surface area contributed by atoms with Crippen LogP contribution in [0.2, 0.25) is 0 Å². The van der Waals surface area contributed by atoms with E-state index in [2.05, 4.69) is 10.6 Å². The van der Waals surface area contributed by atoms with Gasteiger partial charge in [-0.1, -0.05) is 11.8 Å². The molecule has 2 aromatic rings. The van der Waals surface area contributed by atoms with E-state index in [1.54, 1.807) is 0 Å². The molecule has 5 fully saturated rings. The number of fused-ring (bicyclic) bond motifs is 3. The van der Waals surface area contributed by atoms with Crippen molar-refractivity contribution < 1.29 is 133 Å². The van der Waals surface area contributed by atoms with Gasteiger partial charge in [-0.2, -0.15) is 26.3 Å². The van der Waals surface area contributed by atoms with Gasteiger partial charge in [0.15, 0.2) is 17.7 Å². The van der Waals surface area contributed by atoms with Crippen LogP contribution in [0.4, 0.5) is 26.3 Å². The Morgan fingerprint density at radius 1 is 0.723 bits per heavy atom. The van der Waals surface area contributed by atoms with Crippen molar-refractivity contribution in [3.8, 4) is 5.75 Å². The summed E-state index contributed by atoms with van der Waals surface area (Å²) in [4.78, 5) is 114. The largest absolute Gasteiger partial charge is 0.492 e. The van der Waals surface area contributed by atoms with Crippen molar-refractivity contribution in [2.75, 3.05) is 97.9 Å². The van der Waals surface area contributed by atoms with Crippen molar-refractivity contribution in [3.05, 3.63) is 30.0 Å². The highest BCUT2D eigenvalue weighted by Gasteiger charge is 2.56. The third-order valence-electron chi connectivity index (χ3n) is 13.5. The Hall–Kier alpha value is -6.28. The third kappa shape index (κ3) is 16.1. The summed E-state index contributed by atoms with van der Waals surface area (Å²) >= 11 is 0.927. The van der Waals surface area contributed by atoms with Crippen molar-refractivity contribution in [1.82, 2.24) is 29.9 Å². The average molecular weight is 1220 g/mol. The number of carbonyl (C=O) groups excluding carboxylic acids is 9. The SMILES string of the molecule is CC(=O)SCC1CC(=O)N(CCOc2ccc3c(c2)c(C(=O)OCCOCC(=O)NCC2OC4OCCN(C(=O)C(F)(F)F)[C@@H]4[C@@H](O)[C@H]2O)cn3CC(=O)OCCOCC(=O)NC[C@H]2OC3OCCN(C(=O)C(F)(F)F)[C@@H]3[C@@H](O)[C@H]2O)C1=O. The van der Waals surface area contributed by atoms with Crippen LogP contribution in [0, 0.1) is 5.92 Å². The zero-order chi connectivity index (χ0) is 60.5. The fourth-order valence-corrected chi connectivity index (χ4v) is 10.2. The van der Waals surface area contributed by atoms with E-state index in [1.165, 1.54) is 35.9 Å². The summed E-state index contributed by atoms with van der Waals surface area (Å²) in [5.74, 6) is -9.16. The normalized spacial score (nSPS) is 26.5. The number of amides is 6. The Balaban J connectivity index is 0.881. The quantitative estimate of drug-likeness (QED) is 0.0282. The lowest BCUT2D eigenvalue weighted by atomic mass is 9.94. The fourth-order valence-electron chi connectivity index (χ4n) is 9.52. The predicted molar refractivity (Wildman–Crippen MR) is 261 cm³/mol. The summed E-state index contributed by atoms with van der Waals surface area (Å²) in [7, 11) is 0. The first-order chi connectivity index (χ1) is 39.2. The van der Waals surface area contributed by atoms with Gasteiger partial charge >= 0.3 is 36.1 Å². The highest BCUT2D eigenvalue weighted by Crippen LogP contribution is 2.34. The number of aliphatic hydroxyl groups is 4. The molecule has 5 aliphatic rings. The summed E-state index contributed by atoms with van der Waals surface area (Å²) in [6.07, 6.45) is -22.8. The van der Waals surface area contributed by atoms with Crippen LogP contribution in [0.1, 0.15) is 23.7 Å². The number of halogens is 6. The van der Waals surface area contributed by atoms with Crippen molar-refractivity contribution >= 4 is 75.2 Å². The van der Waals surface area contributed by atoms with Gasteiger partial charge in [-0.25, -0.2) is 4.79 Å². The molecule has 0 radical (unpaired) electrons. The number of morpholine rings is 2. The molecule has 7 rings (SSSR count). The van der Waals surface area contributed by atoms with Gasteiger partial charge < -0.3 is 88.1 Å². The number of hydrogen-bond acceptors (Lipinski definition) is 23. The zero-order valence-electron chi connectivity index (χ0n) is 43.8. The van der Waals surface area contributed by atoms with E-state index < -0.39 is 179 Å². The molecule has 0 saturated carbocycles. The van der Waals surface area contributed by atoms with Gasteiger partial charge in [-0.3, -0.25) is 43.3 Å². The van der Waals surface area contributed by atoms with Crippen molar-refractivity contribution in [2.24, 2.45) is 5.92 Å². The van der Waals surface area contributed by atoms with E-state index in [0.29, 0.717) is 9.80 Å². The second kappa shape index (κ2) is 28.1. The molecule has 1 aromatic carbocycles. The lowest BCUT2D eigenvalue weighted by Gasteiger charge is -2.49. The van der Waals surface area contributed by atoms with Crippen LogP contribution in [0.15, 0.2) is 24.4 Å². The van der Waals surface area contributed by atoms with E-state index in [4.69, 9.17) is 42.6 Å². The Morgan fingerprint density at radius 2 is 1.25 bits per heavy atom. The number of nitrogens with one attached hydrogen (secondary N) is 2. The number of aromatic nitrogens is 1. The van der Waals surface area contributed by atoms with Crippen LogP contribution >= 0.6 is 11.8 Å². The second-order valence-corrected chi connectivity index (χ2v) is 20.3. The molecule has 5 aliphatic heterocycles. The summed E-state index contributed by atoms with van der Waals surface area (Å²) in [5, 5.41) is 47.2. The number of carbonyl (C=O) groups is 9. The number of likely N-dealkylation sites (tertiary alicyclic amines) is 1. The van der Waals surface area contributed by atoms with Crippen molar-refractivity contribution in [1.29, 1.82) is 0 Å². The van der Waals surface area contributed by atoms with Gasteiger partial charge in [-0.15, -0.1) is 0 Å². The van der Waals surface area contributed by atoms with Crippen LogP contribution < -0.4 is 15.4 Å². The predicted octanol–water partition coefficient (Wildman–Crippen LogP) is -2.89. The number of hydrogen-bond donors (Lipinski definition) is 6. The van der Waals surface area contributed by atoms with Gasteiger partial charge in [-0.05, 0) is 18.2 Å². The van der Waals surface area contributed by atoms with Crippen LogP contribution in [-0.2, 0) is 82.8 Å². The van der Waals surface area contributed by atoms with Gasteiger partial charge in [0.1, 0.15) is 94.0 Å². The topological polar surface area (TPSA) is 356 Å². The summed E-state index contributed by atoms with van der Waals surface area (Å²) in [5.41, 5.74) is 0.182. The molecular formula is C48H58F6N6O22S. The number of ether oxygens (including phenoxy) is 9. The lowest BCUT2D eigenvalue weighted by Crippen LogP contribution is -2.70. The van der Waals surface area contributed by atoms with Crippen LogP contribution in [0.3, 0.4) is 0 Å². The zero-order valence-corrected chi connectivity index (χ0v) is 44.6. The Bertz CT molecular complexity index is 2720. The number of thioether (sulfide) groups is 1. The van der Waals surface area contributed by atoms with Crippen LogP contribution in [0.25, 0.3) is 10.9 Å². The monoisotopic (exact) mass is 1220 g/mol. The number of alkyl halides is 6. The summed E-state index contributed by atoms with van der Waals surface area (Å²) < 4.78 is 129. The standard InChI is InChI=1S/C48H58F6N6O22S/c1-23(61)83-22-24-14-33(64)58(41(24)70)4-7-76-25-2-3-28-26(15-25)27(42(71)78-13-11-75-21-32(63)56-17-30-38(67)40(69)36-44(82-30)80-9-6-60(36)46(73)48(52,53)54)18-57(28)19-34(65)77-12-10-74-20-31(62)55-16-29-37(66)39(68)35-43(81-29)79-8-5-59(35)45(72)47(49,50)51/h2-3,15,18,24,29-30,35-40,43-44,66-69H,4-14,16-17,19-22H2,1H3,(H,55,62)(H,56,63)/t24?,29-,30?,35-,36-,37+,38+,39-,40-,43?,44?/m1/s1. The number of aliphatic hydroxyl groups excluding tert-OH is 4. The Morgan fingerprint density at radius 3 is 1.77 bits per heavy atom. The number of imide groups is 1. The molecular weight excluding hydrogens is 1160 g/mol. The van der Waals surface area contributed by atoms with Gasteiger partial charge in [0.05, 0.1) is 44.5 Å². The molecule has 1 aromatic heterocycles. The minimum atomic E-state index is -5.27. The first kappa shape index (κ1) is 64.3. The summed E-state index contributed by atoms with van der Waals surface area (Å²) in [6.45, 7) is -4.96. The maximum absolute atomic E-state index is 13.6. The molecule has 83 heavy (non-hydrogen) atoms. The first-order valence-electron chi connectivity index (χ1n) is 25.5. The fraction of sp³-hybridized carbons (Fsp3) is 0.646. The molecule has 5 saturated heterocycles. The van der Waals surface area contributed by atoms with Crippen molar-refractivity contribution in [2.45, 2.75) is 93.5 Å². The molecule has 11 atom stereocenters. The minimum Gasteiger partial charge on any atom is -0.492 e. The maximum atomic E-state index is 13.6. The van der Waals surface area contributed by atoms with E-state index in [9.17, 15) is 89.9 Å². The van der Waals surface area contributed by atoms with E-state index in [-0.39, 0.29) is 85.7 Å². The van der Waals surface area contributed by atoms with Crippen molar-refractivity contribution in [3.63, 3.8) is 0 Å². The maximum Gasteiger partial charge on any atom is 0.471 e. The lowest BCUT2D eigenvalue weighted by molar-refractivity contribution is -0.300. The number of esters is 2. The molecule has 0 aliphatic carbocycles. The van der Waals surface area contributed by atoms with E-state index >= 15 is 0 Å². The number of benzene rings is 1. The number of rotatable bonds is 23. The Kier molecular flexibility index (Phi) is 21.7. The molecule has 0 spiro atoms. The van der Waals surface area contributed by atoms with E-state index in [0.717, 1.165) is 16.7 Å². The first-order valence-corrected chi connectivity index (χ1v) is 26.5. The van der Waals surface area contributed by atoms with Crippen LogP contribution in [0.5, 0.6) is 5.75 Å². The molecule has 28 nitrogen and oxygen atoms in total. The molecule has 35 heteroatoms. The molecule has 4 unspecified atom stereocenters. The van der Waals surface area contributed by atoms with Gasteiger partial charge in [0.2, 0.25) is 23.6 Å². The molecule has 0 bridgehead atoms.